The summed E-state index contributed by atoms with van der Waals surface area (Å²) < 4.78 is 2.09. The van der Waals surface area contributed by atoms with E-state index < -0.39 is 0 Å². The molecule has 5 heteroatoms. The topological polar surface area (TPSA) is 46.0 Å². The normalized spacial score (nSPS) is 18.2. The lowest BCUT2D eigenvalue weighted by molar-refractivity contribution is 0.214. The molecule has 3 heterocycles. The van der Waals surface area contributed by atoms with Crippen molar-refractivity contribution < 1.29 is 0 Å². The van der Waals surface area contributed by atoms with Crippen LogP contribution in [0.3, 0.4) is 0 Å². The molecule has 0 aromatic carbocycles. The van der Waals surface area contributed by atoms with E-state index in [1.807, 2.05) is 24.7 Å². The molecular formula is C17H25N5. The third-order valence-electron chi connectivity index (χ3n) is 4.30. The van der Waals surface area contributed by atoms with Gasteiger partial charge in [0.25, 0.3) is 0 Å². The molecule has 1 fully saturated rings. The average molecular weight is 299 g/mol. The van der Waals surface area contributed by atoms with Gasteiger partial charge in [0.05, 0.1) is 5.69 Å². The van der Waals surface area contributed by atoms with E-state index in [1.165, 1.54) is 17.7 Å². The van der Waals surface area contributed by atoms with E-state index in [-0.39, 0.29) is 0 Å². The van der Waals surface area contributed by atoms with Crippen molar-refractivity contribution in [2.45, 2.75) is 33.0 Å². The molecule has 3 rings (SSSR count). The number of hydrogen-bond donors (Lipinski definition) is 1. The lowest BCUT2D eigenvalue weighted by atomic mass is 10.1. The minimum absolute atomic E-state index is 0.745. The van der Waals surface area contributed by atoms with E-state index in [2.05, 4.69) is 44.0 Å². The summed E-state index contributed by atoms with van der Waals surface area (Å²) in [4.78, 5) is 6.77. The summed E-state index contributed by atoms with van der Waals surface area (Å²) in [7, 11) is 0. The van der Waals surface area contributed by atoms with Crippen molar-refractivity contribution >= 4 is 0 Å². The van der Waals surface area contributed by atoms with Crippen LogP contribution in [0.4, 0.5) is 0 Å². The Morgan fingerprint density at radius 1 is 1.32 bits per heavy atom. The SMILES string of the molecule is CCn1nccc1CN(Cc1cccnc1)C[C@H]1CCNC1. The van der Waals surface area contributed by atoms with Gasteiger partial charge in [-0.25, -0.2) is 0 Å². The molecule has 1 atom stereocenters. The van der Waals surface area contributed by atoms with Gasteiger partial charge in [-0.05, 0) is 50.0 Å². The summed E-state index contributed by atoms with van der Waals surface area (Å²) >= 11 is 0. The number of aromatic nitrogens is 3. The summed E-state index contributed by atoms with van der Waals surface area (Å²) in [5, 5.41) is 7.86. The van der Waals surface area contributed by atoms with Crippen LogP contribution in [0.25, 0.3) is 0 Å². The van der Waals surface area contributed by atoms with E-state index in [0.29, 0.717) is 0 Å². The number of hydrogen-bond acceptors (Lipinski definition) is 4. The highest BCUT2D eigenvalue weighted by atomic mass is 15.3. The number of nitrogens with zero attached hydrogens (tertiary/aromatic N) is 4. The Bertz CT molecular complexity index is 559. The third kappa shape index (κ3) is 3.93. The molecule has 1 aliphatic heterocycles. The molecular weight excluding hydrogens is 274 g/mol. The first-order chi connectivity index (χ1) is 10.8. The van der Waals surface area contributed by atoms with E-state index in [1.54, 1.807) is 0 Å². The fourth-order valence-electron chi connectivity index (χ4n) is 3.18. The average Bonchev–Trinajstić information content (AvgIpc) is 3.20. The van der Waals surface area contributed by atoms with Gasteiger partial charge in [-0.15, -0.1) is 0 Å². The first-order valence-electron chi connectivity index (χ1n) is 8.18. The van der Waals surface area contributed by atoms with Crippen LogP contribution in [0.15, 0.2) is 36.8 Å². The van der Waals surface area contributed by atoms with Gasteiger partial charge < -0.3 is 5.32 Å². The molecule has 5 nitrogen and oxygen atoms in total. The molecule has 0 saturated carbocycles. The fraction of sp³-hybridized carbons (Fsp3) is 0.529. The van der Waals surface area contributed by atoms with Gasteiger partial charge in [0.1, 0.15) is 0 Å². The molecule has 2 aromatic rings. The minimum atomic E-state index is 0.745. The number of pyridine rings is 1. The minimum Gasteiger partial charge on any atom is -0.316 e. The van der Waals surface area contributed by atoms with Gasteiger partial charge in [0.2, 0.25) is 0 Å². The molecule has 1 N–H and O–H groups in total. The Labute approximate surface area is 132 Å². The van der Waals surface area contributed by atoms with Crippen LogP contribution in [0, 0.1) is 5.92 Å². The predicted octanol–water partition coefficient (Wildman–Crippen LogP) is 1.91. The molecule has 118 valence electrons. The highest BCUT2D eigenvalue weighted by Crippen LogP contribution is 2.15. The zero-order valence-electron chi connectivity index (χ0n) is 13.3. The second-order valence-corrected chi connectivity index (χ2v) is 6.03. The van der Waals surface area contributed by atoms with Gasteiger partial charge in [-0.1, -0.05) is 6.07 Å². The molecule has 1 aliphatic rings. The van der Waals surface area contributed by atoms with Crippen LogP contribution in [0.2, 0.25) is 0 Å². The molecule has 1 saturated heterocycles. The Balaban J connectivity index is 1.70. The van der Waals surface area contributed by atoms with Crippen LogP contribution >= 0.6 is 0 Å². The second kappa shape index (κ2) is 7.51. The first-order valence-corrected chi connectivity index (χ1v) is 8.18. The maximum atomic E-state index is 4.39. The largest absolute Gasteiger partial charge is 0.316 e. The smallest absolute Gasteiger partial charge is 0.0524 e. The summed E-state index contributed by atoms with van der Waals surface area (Å²) in [6.45, 7) is 8.36. The molecule has 0 amide bonds. The van der Waals surface area contributed by atoms with Crippen LogP contribution in [0.1, 0.15) is 24.6 Å². The second-order valence-electron chi connectivity index (χ2n) is 6.03. The van der Waals surface area contributed by atoms with Crippen LogP contribution in [0.5, 0.6) is 0 Å². The zero-order chi connectivity index (χ0) is 15.2. The Hall–Kier alpha value is -1.72. The maximum absolute atomic E-state index is 4.39. The summed E-state index contributed by atoms with van der Waals surface area (Å²) in [5.41, 5.74) is 2.56. The lowest BCUT2D eigenvalue weighted by Gasteiger charge is -2.25. The van der Waals surface area contributed by atoms with E-state index in [4.69, 9.17) is 0 Å². The van der Waals surface area contributed by atoms with Gasteiger partial charge in [-0.2, -0.15) is 5.10 Å². The lowest BCUT2D eigenvalue weighted by Crippen LogP contribution is -2.30. The predicted molar refractivity (Wildman–Crippen MR) is 87.2 cm³/mol. The molecule has 22 heavy (non-hydrogen) atoms. The van der Waals surface area contributed by atoms with E-state index >= 15 is 0 Å². The van der Waals surface area contributed by atoms with Crippen molar-refractivity contribution in [3.8, 4) is 0 Å². The monoisotopic (exact) mass is 299 g/mol. The van der Waals surface area contributed by atoms with Gasteiger partial charge >= 0.3 is 0 Å². The van der Waals surface area contributed by atoms with Gasteiger partial charge in [0.15, 0.2) is 0 Å². The van der Waals surface area contributed by atoms with Crippen molar-refractivity contribution in [3.63, 3.8) is 0 Å². The molecule has 0 radical (unpaired) electrons. The Kier molecular flexibility index (Phi) is 5.19. The van der Waals surface area contributed by atoms with Crippen LogP contribution < -0.4 is 5.32 Å². The number of nitrogens with one attached hydrogen (secondary N) is 1. The quantitative estimate of drug-likeness (QED) is 0.848. The van der Waals surface area contributed by atoms with Crippen molar-refractivity contribution in [1.29, 1.82) is 0 Å². The zero-order valence-corrected chi connectivity index (χ0v) is 13.3. The summed E-state index contributed by atoms with van der Waals surface area (Å²) in [6.07, 6.45) is 6.98. The molecule has 0 spiro atoms. The van der Waals surface area contributed by atoms with Crippen LogP contribution in [-0.2, 0) is 19.6 Å². The summed E-state index contributed by atoms with van der Waals surface area (Å²) in [6, 6.07) is 6.30. The first kappa shape index (κ1) is 15.2. The fourth-order valence-corrected chi connectivity index (χ4v) is 3.18. The van der Waals surface area contributed by atoms with Crippen molar-refractivity contribution in [2.24, 2.45) is 5.92 Å². The molecule has 0 unspecified atom stereocenters. The maximum Gasteiger partial charge on any atom is 0.0524 e. The van der Waals surface area contributed by atoms with E-state index in [0.717, 1.165) is 45.2 Å². The Morgan fingerprint density at radius 2 is 2.27 bits per heavy atom. The van der Waals surface area contributed by atoms with E-state index in [9.17, 15) is 0 Å². The summed E-state index contributed by atoms with van der Waals surface area (Å²) in [5.74, 6) is 0.745. The van der Waals surface area contributed by atoms with Crippen molar-refractivity contribution in [3.05, 3.63) is 48.0 Å². The molecule has 0 aliphatic carbocycles. The number of aryl methyl sites for hydroxylation is 1. The molecule has 0 bridgehead atoms. The van der Waals surface area contributed by atoms with Gasteiger partial charge in [-0.3, -0.25) is 14.6 Å². The highest BCUT2D eigenvalue weighted by Gasteiger charge is 2.19. The van der Waals surface area contributed by atoms with Crippen molar-refractivity contribution in [1.82, 2.24) is 25.0 Å². The Morgan fingerprint density at radius 3 is 3.00 bits per heavy atom. The number of rotatable bonds is 7. The van der Waals surface area contributed by atoms with Crippen molar-refractivity contribution in [2.75, 3.05) is 19.6 Å². The van der Waals surface area contributed by atoms with Gasteiger partial charge in [0, 0.05) is 44.8 Å². The van der Waals surface area contributed by atoms with Crippen LogP contribution in [-0.4, -0.2) is 39.3 Å². The third-order valence-corrected chi connectivity index (χ3v) is 4.30. The standard InChI is InChI=1S/C17H25N5/c1-2-22-17(6-9-20-22)14-21(13-16-5-8-19-11-16)12-15-4-3-7-18-10-15/h3-4,6-7,9-10,16,19H,2,5,8,11-14H2,1H3/t16-/m0/s1. The molecule has 2 aromatic heterocycles. The highest BCUT2D eigenvalue weighted by molar-refractivity contribution is 5.09.